The van der Waals surface area contributed by atoms with E-state index in [1.165, 1.54) is 0 Å². The number of fused-ring (bicyclic) bond motifs is 1. The fourth-order valence-electron chi connectivity index (χ4n) is 3.96. The molecule has 1 saturated heterocycles. The van der Waals surface area contributed by atoms with Crippen LogP contribution in [0.25, 0.3) is 10.8 Å². The lowest BCUT2D eigenvalue weighted by molar-refractivity contribution is 0.0509. The SMILES string of the molecule is CN(C)c1ccc(CN(CC2CCCO2)C(=O)c2cccc3ccccc23)cc1. The first-order chi connectivity index (χ1) is 14.1. The van der Waals surface area contributed by atoms with Crippen LogP contribution >= 0.6 is 0 Å². The van der Waals surface area contributed by atoms with Crippen LogP contribution in [-0.2, 0) is 11.3 Å². The molecule has 1 unspecified atom stereocenters. The van der Waals surface area contributed by atoms with Crippen LogP contribution in [0.3, 0.4) is 0 Å². The Morgan fingerprint density at radius 1 is 1.00 bits per heavy atom. The maximum Gasteiger partial charge on any atom is 0.254 e. The van der Waals surface area contributed by atoms with E-state index in [0.717, 1.165) is 47.0 Å². The van der Waals surface area contributed by atoms with Gasteiger partial charge in [-0.3, -0.25) is 4.79 Å². The third-order valence-electron chi connectivity index (χ3n) is 5.58. The summed E-state index contributed by atoms with van der Waals surface area (Å²) in [6.45, 7) is 1.99. The van der Waals surface area contributed by atoms with Crippen LogP contribution in [0, 0.1) is 0 Å². The third-order valence-corrected chi connectivity index (χ3v) is 5.58. The molecule has 1 fully saturated rings. The molecule has 150 valence electrons. The maximum absolute atomic E-state index is 13.6. The summed E-state index contributed by atoms with van der Waals surface area (Å²) >= 11 is 0. The molecule has 1 aliphatic rings. The molecule has 29 heavy (non-hydrogen) atoms. The number of ether oxygens (including phenoxy) is 1. The Balaban J connectivity index is 1.63. The molecule has 0 spiro atoms. The second-order valence-corrected chi connectivity index (χ2v) is 7.91. The minimum Gasteiger partial charge on any atom is -0.378 e. The Labute approximate surface area is 172 Å². The second-order valence-electron chi connectivity index (χ2n) is 7.91. The van der Waals surface area contributed by atoms with Crippen LogP contribution in [-0.4, -0.2) is 44.2 Å². The lowest BCUT2D eigenvalue weighted by atomic mass is 10.0. The summed E-state index contributed by atoms with van der Waals surface area (Å²) in [5.41, 5.74) is 3.04. The summed E-state index contributed by atoms with van der Waals surface area (Å²) in [5.74, 6) is 0.0639. The van der Waals surface area contributed by atoms with Crippen molar-refractivity contribution < 1.29 is 9.53 Å². The van der Waals surface area contributed by atoms with Crippen molar-refractivity contribution in [2.45, 2.75) is 25.5 Å². The molecule has 0 saturated carbocycles. The van der Waals surface area contributed by atoms with Crippen LogP contribution < -0.4 is 4.90 Å². The molecule has 4 nitrogen and oxygen atoms in total. The lowest BCUT2D eigenvalue weighted by Gasteiger charge is -2.26. The Morgan fingerprint density at radius 2 is 1.76 bits per heavy atom. The van der Waals surface area contributed by atoms with E-state index in [-0.39, 0.29) is 12.0 Å². The second kappa shape index (κ2) is 8.66. The molecule has 0 N–H and O–H groups in total. The van der Waals surface area contributed by atoms with E-state index in [1.807, 2.05) is 49.3 Å². The van der Waals surface area contributed by atoms with Crippen molar-refractivity contribution in [3.63, 3.8) is 0 Å². The Kier molecular flexibility index (Phi) is 5.81. The standard InChI is InChI=1S/C25H28N2O2/c1-26(2)21-14-12-19(13-15-21)17-27(18-22-9-6-16-29-22)25(28)24-11-5-8-20-7-3-4-10-23(20)24/h3-5,7-8,10-15,22H,6,9,16-18H2,1-2H3. The van der Waals surface area contributed by atoms with Crippen LogP contribution in [0.5, 0.6) is 0 Å². The van der Waals surface area contributed by atoms with Gasteiger partial charge in [-0.15, -0.1) is 0 Å². The molecular weight excluding hydrogens is 360 g/mol. The quantitative estimate of drug-likeness (QED) is 0.612. The molecule has 1 atom stereocenters. The highest BCUT2D eigenvalue weighted by atomic mass is 16.5. The van der Waals surface area contributed by atoms with Gasteiger partial charge < -0.3 is 14.5 Å². The van der Waals surface area contributed by atoms with E-state index in [9.17, 15) is 4.79 Å². The van der Waals surface area contributed by atoms with Gasteiger partial charge >= 0.3 is 0 Å². The summed E-state index contributed by atoms with van der Waals surface area (Å²) in [6, 6.07) is 22.4. The van der Waals surface area contributed by atoms with E-state index in [4.69, 9.17) is 4.74 Å². The average molecular weight is 389 g/mol. The molecule has 0 aromatic heterocycles. The fourth-order valence-corrected chi connectivity index (χ4v) is 3.96. The molecule has 1 heterocycles. The molecule has 4 rings (SSSR count). The monoisotopic (exact) mass is 388 g/mol. The Bertz CT molecular complexity index is 970. The van der Waals surface area contributed by atoms with Gasteiger partial charge in [0.1, 0.15) is 0 Å². The first-order valence-corrected chi connectivity index (χ1v) is 10.3. The molecule has 1 amide bonds. The summed E-state index contributed by atoms with van der Waals surface area (Å²) in [6.07, 6.45) is 2.20. The third kappa shape index (κ3) is 4.43. The summed E-state index contributed by atoms with van der Waals surface area (Å²) in [5, 5.41) is 2.09. The first-order valence-electron chi connectivity index (χ1n) is 10.3. The minimum absolute atomic E-state index is 0.0639. The van der Waals surface area contributed by atoms with Crippen LogP contribution in [0.15, 0.2) is 66.7 Å². The van der Waals surface area contributed by atoms with E-state index >= 15 is 0 Å². The van der Waals surface area contributed by atoms with E-state index in [2.05, 4.69) is 41.3 Å². The number of anilines is 1. The molecule has 0 aliphatic carbocycles. The van der Waals surface area contributed by atoms with Crippen LogP contribution in [0.2, 0.25) is 0 Å². The summed E-state index contributed by atoms with van der Waals surface area (Å²) in [4.78, 5) is 17.6. The predicted molar refractivity (Wildman–Crippen MR) is 118 cm³/mol. The van der Waals surface area contributed by atoms with Gasteiger partial charge in [-0.2, -0.15) is 0 Å². The number of hydrogen-bond acceptors (Lipinski definition) is 3. The Hall–Kier alpha value is -2.85. The smallest absolute Gasteiger partial charge is 0.254 e. The molecule has 0 bridgehead atoms. The van der Waals surface area contributed by atoms with Gasteiger partial charge in [0.25, 0.3) is 5.91 Å². The highest BCUT2D eigenvalue weighted by molar-refractivity contribution is 6.07. The largest absolute Gasteiger partial charge is 0.378 e. The highest BCUT2D eigenvalue weighted by Gasteiger charge is 2.24. The Morgan fingerprint density at radius 3 is 2.48 bits per heavy atom. The van der Waals surface area contributed by atoms with Gasteiger partial charge in [0.15, 0.2) is 0 Å². The average Bonchev–Trinajstić information content (AvgIpc) is 3.26. The summed E-state index contributed by atoms with van der Waals surface area (Å²) < 4.78 is 5.84. The normalized spacial score (nSPS) is 16.1. The zero-order valence-corrected chi connectivity index (χ0v) is 17.2. The molecule has 3 aromatic carbocycles. The van der Waals surface area contributed by atoms with Gasteiger partial charge in [-0.1, -0.05) is 48.5 Å². The number of hydrogen-bond donors (Lipinski definition) is 0. The minimum atomic E-state index is 0.0639. The van der Waals surface area contributed by atoms with Gasteiger partial charge in [-0.05, 0) is 47.4 Å². The van der Waals surface area contributed by atoms with Gasteiger partial charge in [0.05, 0.1) is 6.10 Å². The molecule has 4 heteroatoms. The molecule has 1 aliphatic heterocycles. The fraction of sp³-hybridized carbons (Fsp3) is 0.320. The van der Waals surface area contributed by atoms with E-state index in [0.29, 0.717) is 13.1 Å². The lowest BCUT2D eigenvalue weighted by Crippen LogP contribution is -2.37. The number of amides is 1. The van der Waals surface area contributed by atoms with Crippen LogP contribution in [0.4, 0.5) is 5.69 Å². The maximum atomic E-state index is 13.6. The number of nitrogens with zero attached hydrogens (tertiary/aromatic N) is 2. The van der Waals surface area contributed by atoms with Crippen molar-refractivity contribution in [2.75, 3.05) is 32.1 Å². The predicted octanol–water partition coefficient (Wildman–Crippen LogP) is 4.73. The topological polar surface area (TPSA) is 32.8 Å². The van der Waals surface area contributed by atoms with E-state index in [1.54, 1.807) is 0 Å². The van der Waals surface area contributed by atoms with Gasteiger partial charge in [0, 0.05) is 45.0 Å². The molecule has 0 radical (unpaired) electrons. The van der Waals surface area contributed by atoms with Crippen molar-refractivity contribution in [1.29, 1.82) is 0 Å². The number of benzene rings is 3. The van der Waals surface area contributed by atoms with Crippen molar-refractivity contribution in [3.8, 4) is 0 Å². The van der Waals surface area contributed by atoms with Gasteiger partial charge in [-0.25, -0.2) is 0 Å². The van der Waals surface area contributed by atoms with Gasteiger partial charge in [0.2, 0.25) is 0 Å². The molecule has 3 aromatic rings. The van der Waals surface area contributed by atoms with Crippen molar-refractivity contribution in [2.24, 2.45) is 0 Å². The van der Waals surface area contributed by atoms with Crippen molar-refractivity contribution >= 4 is 22.4 Å². The summed E-state index contributed by atoms with van der Waals surface area (Å²) in [7, 11) is 4.06. The number of rotatable bonds is 6. The molecular formula is C25H28N2O2. The first kappa shape index (κ1) is 19.5. The van der Waals surface area contributed by atoms with Crippen molar-refractivity contribution in [1.82, 2.24) is 4.90 Å². The highest BCUT2D eigenvalue weighted by Crippen LogP contribution is 2.23. The van der Waals surface area contributed by atoms with E-state index < -0.39 is 0 Å². The van der Waals surface area contributed by atoms with Crippen LogP contribution in [0.1, 0.15) is 28.8 Å². The zero-order chi connectivity index (χ0) is 20.2. The van der Waals surface area contributed by atoms with Crippen molar-refractivity contribution in [3.05, 3.63) is 77.9 Å². The number of carbonyl (C=O) groups excluding carboxylic acids is 1. The number of carbonyl (C=O) groups is 1. The zero-order valence-electron chi connectivity index (χ0n) is 17.2.